The van der Waals surface area contributed by atoms with Crippen LogP contribution in [0.15, 0.2) is 42.5 Å². The third-order valence-corrected chi connectivity index (χ3v) is 3.84. The highest BCUT2D eigenvalue weighted by molar-refractivity contribution is 5.32. The minimum absolute atomic E-state index is 0.274. The van der Waals surface area contributed by atoms with Crippen LogP contribution in [0, 0.1) is 13.8 Å². The summed E-state index contributed by atoms with van der Waals surface area (Å²) in [5, 5.41) is 3.66. The van der Waals surface area contributed by atoms with Crippen LogP contribution in [-0.4, -0.2) is 7.11 Å². The molecule has 2 aromatic carbocycles. The Morgan fingerprint density at radius 3 is 2.10 bits per heavy atom. The summed E-state index contributed by atoms with van der Waals surface area (Å²) in [6.45, 7) is 8.70. The van der Waals surface area contributed by atoms with Crippen LogP contribution in [0.2, 0.25) is 0 Å². The fourth-order valence-electron chi connectivity index (χ4n) is 2.74. The van der Waals surface area contributed by atoms with Crippen molar-refractivity contribution in [2.45, 2.75) is 39.8 Å². The number of nitrogens with one attached hydrogen (secondary N) is 1. The average Bonchev–Trinajstić information content (AvgIpc) is 2.46. The van der Waals surface area contributed by atoms with Gasteiger partial charge in [-0.25, -0.2) is 0 Å². The highest BCUT2D eigenvalue weighted by Crippen LogP contribution is 2.23. The normalized spacial score (nSPS) is 13.8. The van der Waals surface area contributed by atoms with Crippen molar-refractivity contribution in [1.29, 1.82) is 0 Å². The van der Waals surface area contributed by atoms with E-state index >= 15 is 0 Å². The molecule has 2 heteroatoms. The highest BCUT2D eigenvalue weighted by Gasteiger charge is 2.12. The zero-order valence-electron chi connectivity index (χ0n) is 13.6. The molecule has 1 N–H and O–H groups in total. The van der Waals surface area contributed by atoms with E-state index in [1.165, 1.54) is 22.3 Å². The molecule has 0 fully saturated rings. The van der Waals surface area contributed by atoms with E-state index in [1.807, 2.05) is 12.1 Å². The number of methoxy groups -OCH3 is 1. The molecule has 1 unspecified atom stereocenters. The molecule has 0 aromatic heterocycles. The molecule has 0 saturated heterocycles. The van der Waals surface area contributed by atoms with Crippen LogP contribution in [-0.2, 0) is 0 Å². The molecule has 21 heavy (non-hydrogen) atoms. The fourth-order valence-corrected chi connectivity index (χ4v) is 2.74. The molecule has 2 rings (SSSR count). The molecule has 0 heterocycles. The van der Waals surface area contributed by atoms with E-state index in [4.69, 9.17) is 4.74 Å². The van der Waals surface area contributed by atoms with Crippen LogP contribution in [0.3, 0.4) is 0 Å². The first-order valence-corrected chi connectivity index (χ1v) is 7.48. The van der Waals surface area contributed by atoms with Gasteiger partial charge in [-0.1, -0.05) is 41.5 Å². The Kier molecular flexibility index (Phi) is 5.03. The van der Waals surface area contributed by atoms with Crippen molar-refractivity contribution < 1.29 is 4.74 Å². The van der Waals surface area contributed by atoms with Crippen LogP contribution in [0.25, 0.3) is 0 Å². The maximum Gasteiger partial charge on any atom is 0.119 e. The van der Waals surface area contributed by atoms with E-state index in [-0.39, 0.29) is 6.04 Å². The van der Waals surface area contributed by atoms with Gasteiger partial charge in [0.2, 0.25) is 0 Å². The first-order chi connectivity index (χ1) is 9.99. The van der Waals surface area contributed by atoms with E-state index in [1.54, 1.807) is 7.11 Å². The standard InChI is InChI=1S/C19H25NO/c1-13-9-14(2)11-18(10-13)16(4)20-15(3)17-7-6-8-19(12-17)21-5/h6-12,15-16,20H,1-5H3/t15-,16?/m1/s1. The van der Waals surface area contributed by atoms with Gasteiger partial charge in [0.15, 0.2) is 0 Å². The maximum atomic E-state index is 5.30. The number of hydrogen-bond acceptors (Lipinski definition) is 2. The predicted octanol–water partition coefficient (Wildman–Crippen LogP) is 4.72. The van der Waals surface area contributed by atoms with E-state index < -0.39 is 0 Å². The molecular weight excluding hydrogens is 258 g/mol. The predicted molar refractivity (Wildman–Crippen MR) is 88.9 cm³/mol. The van der Waals surface area contributed by atoms with Gasteiger partial charge in [0.05, 0.1) is 7.11 Å². The second-order valence-corrected chi connectivity index (χ2v) is 5.81. The lowest BCUT2D eigenvalue weighted by Crippen LogP contribution is -2.22. The summed E-state index contributed by atoms with van der Waals surface area (Å²) < 4.78 is 5.30. The molecule has 0 radical (unpaired) electrons. The van der Waals surface area contributed by atoms with Gasteiger partial charge in [-0.05, 0) is 51.0 Å². The van der Waals surface area contributed by atoms with Crippen LogP contribution >= 0.6 is 0 Å². The Morgan fingerprint density at radius 2 is 1.48 bits per heavy atom. The monoisotopic (exact) mass is 283 g/mol. The number of aryl methyl sites for hydroxylation is 2. The molecule has 0 aliphatic carbocycles. The van der Waals surface area contributed by atoms with Crippen molar-refractivity contribution in [1.82, 2.24) is 5.32 Å². The third-order valence-electron chi connectivity index (χ3n) is 3.84. The summed E-state index contributed by atoms with van der Waals surface area (Å²) in [4.78, 5) is 0. The lowest BCUT2D eigenvalue weighted by atomic mass is 10.0. The SMILES string of the molecule is COc1cccc([C@@H](C)NC(C)c2cc(C)cc(C)c2)c1. The molecule has 0 aliphatic heterocycles. The van der Waals surface area contributed by atoms with Gasteiger partial charge in [-0.15, -0.1) is 0 Å². The summed E-state index contributed by atoms with van der Waals surface area (Å²) in [5.74, 6) is 0.903. The average molecular weight is 283 g/mol. The van der Waals surface area contributed by atoms with Gasteiger partial charge in [-0.2, -0.15) is 0 Å². The summed E-state index contributed by atoms with van der Waals surface area (Å²) in [7, 11) is 1.70. The lowest BCUT2D eigenvalue weighted by molar-refractivity contribution is 0.412. The Labute approximate surface area is 128 Å². The number of rotatable bonds is 5. The largest absolute Gasteiger partial charge is 0.497 e. The molecule has 2 aromatic rings. The van der Waals surface area contributed by atoms with Gasteiger partial charge < -0.3 is 10.1 Å². The summed E-state index contributed by atoms with van der Waals surface area (Å²) >= 11 is 0. The Balaban J connectivity index is 2.12. The van der Waals surface area contributed by atoms with Crippen molar-refractivity contribution in [3.05, 3.63) is 64.7 Å². The molecule has 0 saturated carbocycles. The molecule has 0 bridgehead atoms. The Hall–Kier alpha value is -1.80. The van der Waals surface area contributed by atoms with Crippen molar-refractivity contribution in [3.8, 4) is 5.75 Å². The van der Waals surface area contributed by atoms with Crippen molar-refractivity contribution >= 4 is 0 Å². The van der Waals surface area contributed by atoms with Gasteiger partial charge in [0.25, 0.3) is 0 Å². The van der Waals surface area contributed by atoms with Crippen molar-refractivity contribution in [2.24, 2.45) is 0 Å². The van der Waals surface area contributed by atoms with Crippen LogP contribution in [0.5, 0.6) is 5.75 Å². The van der Waals surface area contributed by atoms with Gasteiger partial charge in [0, 0.05) is 12.1 Å². The maximum absolute atomic E-state index is 5.30. The molecule has 2 nitrogen and oxygen atoms in total. The first kappa shape index (κ1) is 15.6. The minimum Gasteiger partial charge on any atom is -0.497 e. The summed E-state index contributed by atoms with van der Waals surface area (Å²) in [6, 6.07) is 15.5. The van der Waals surface area contributed by atoms with Gasteiger partial charge >= 0.3 is 0 Å². The molecule has 112 valence electrons. The smallest absolute Gasteiger partial charge is 0.119 e. The lowest BCUT2D eigenvalue weighted by Gasteiger charge is -2.22. The number of hydrogen-bond donors (Lipinski definition) is 1. The van der Waals surface area contributed by atoms with E-state index in [0.717, 1.165) is 5.75 Å². The van der Waals surface area contributed by atoms with Gasteiger partial charge in [0.1, 0.15) is 5.75 Å². The molecule has 0 amide bonds. The zero-order valence-corrected chi connectivity index (χ0v) is 13.6. The summed E-state index contributed by atoms with van der Waals surface area (Å²) in [6.07, 6.45) is 0. The first-order valence-electron chi connectivity index (χ1n) is 7.48. The van der Waals surface area contributed by atoms with Crippen LogP contribution < -0.4 is 10.1 Å². The Bertz CT molecular complexity index is 586. The van der Waals surface area contributed by atoms with Crippen LogP contribution in [0.4, 0.5) is 0 Å². The van der Waals surface area contributed by atoms with Crippen LogP contribution in [0.1, 0.15) is 48.2 Å². The zero-order chi connectivity index (χ0) is 15.4. The number of benzene rings is 2. The fraction of sp³-hybridized carbons (Fsp3) is 0.368. The molecule has 0 aliphatic rings. The Morgan fingerprint density at radius 1 is 0.857 bits per heavy atom. The molecule has 0 spiro atoms. The van der Waals surface area contributed by atoms with E-state index in [0.29, 0.717) is 6.04 Å². The summed E-state index contributed by atoms with van der Waals surface area (Å²) in [5.41, 5.74) is 5.20. The van der Waals surface area contributed by atoms with Crippen molar-refractivity contribution in [3.63, 3.8) is 0 Å². The second kappa shape index (κ2) is 6.77. The van der Waals surface area contributed by atoms with Gasteiger partial charge in [-0.3, -0.25) is 0 Å². The molecular formula is C19H25NO. The topological polar surface area (TPSA) is 21.3 Å². The number of ether oxygens (including phenoxy) is 1. The minimum atomic E-state index is 0.274. The molecule has 2 atom stereocenters. The second-order valence-electron chi connectivity index (χ2n) is 5.81. The quantitative estimate of drug-likeness (QED) is 0.857. The van der Waals surface area contributed by atoms with E-state index in [9.17, 15) is 0 Å². The highest BCUT2D eigenvalue weighted by atomic mass is 16.5. The van der Waals surface area contributed by atoms with Crippen molar-refractivity contribution in [2.75, 3.05) is 7.11 Å². The van der Waals surface area contributed by atoms with E-state index in [2.05, 4.69) is 63.3 Å². The third kappa shape index (κ3) is 4.08.